The van der Waals surface area contributed by atoms with Crippen molar-refractivity contribution in [3.05, 3.63) is 316 Å². The molecule has 0 radical (unpaired) electrons. The highest BCUT2D eigenvalue weighted by atomic mass is 15.0. The fourth-order valence-electron chi connectivity index (χ4n) is 12.6. The van der Waals surface area contributed by atoms with Gasteiger partial charge in [-0.15, -0.1) is 0 Å². The summed E-state index contributed by atoms with van der Waals surface area (Å²) in [5.41, 5.74) is 22.4. The van der Waals surface area contributed by atoms with Crippen LogP contribution in [0.25, 0.3) is 79.2 Å². The standard InChI is InChI=1S/C70H45N5/c1-6-21-44(22-7-1)66-71-61(43-62(72-66)57-35-20-34-56-51-31-18-19-36-60(51)70(65(56)57,49-27-12-4-13-28-49)50-29-14-5-15-30-50)47-37-39-54-58(41-47)63-52-32-16-17-33-53(52)64(54)59-42-48(38-40-55(59)63)69-74-67(45-23-8-2-9-24-45)73-68(75-69)46-25-10-3-11-26-46/h1-43,63-64H. The second kappa shape index (κ2) is 17.2. The van der Waals surface area contributed by atoms with Crippen molar-refractivity contribution in [1.29, 1.82) is 0 Å². The van der Waals surface area contributed by atoms with Crippen molar-refractivity contribution < 1.29 is 0 Å². The van der Waals surface area contributed by atoms with Gasteiger partial charge in [-0.2, -0.15) is 0 Å². The maximum atomic E-state index is 5.53. The van der Waals surface area contributed by atoms with E-state index in [2.05, 4.69) is 224 Å². The molecular formula is C70H45N5. The van der Waals surface area contributed by atoms with Crippen LogP contribution in [0, 0.1) is 0 Å². The fraction of sp³-hybridized carbons (Fsp3) is 0.0429. The number of hydrogen-bond acceptors (Lipinski definition) is 5. The van der Waals surface area contributed by atoms with Gasteiger partial charge in [-0.25, -0.2) is 24.9 Å². The summed E-state index contributed by atoms with van der Waals surface area (Å²) < 4.78 is 0. The van der Waals surface area contributed by atoms with E-state index in [9.17, 15) is 0 Å². The number of hydrogen-bond donors (Lipinski definition) is 0. The Bertz CT molecular complexity index is 4080. The largest absolute Gasteiger partial charge is 0.228 e. The van der Waals surface area contributed by atoms with Gasteiger partial charge in [-0.1, -0.05) is 243 Å². The average Bonchev–Trinajstić information content (AvgIpc) is 3.95. The Morgan fingerprint density at radius 1 is 0.253 bits per heavy atom. The van der Waals surface area contributed by atoms with Gasteiger partial charge in [0.2, 0.25) is 0 Å². The van der Waals surface area contributed by atoms with Crippen LogP contribution in [-0.2, 0) is 5.41 Å². The van der Waals surface area contributed by atoms with E-state index in [0.29, 0.717) is 23.3 Å². The summed E-state index contributed by atoms with van der Waals surface area (Å²) in [5.74, 6) is 2.69. The molecule has 2 bridgehead atoms. The molecule has 0 spiro atoms. The van der Waals surface area contributed by atoms with Crippen molar-refractivity contribution in [1.82, 2.24) is 24.9 Å². The van der Waals surface area contributed by atoms with Crippen LogP contribution in [0.5, 0.6) is 0 Å². The number of fused-ring (bicyclic) bond motifs is 3. The van der Waals surface area contributed by atoms with Crippen LogP contribution < -0.4 is 0 Å². The van der Waals surface area contributed by atoms with E-state index in [4.69, 9.17) is 24.9 Å². The molecule has 0 saturated carbocycles. The lowest BCUT2D eigenvalue weighted by molar-refractivity contribution is 0.754. The maximum absolute atomic E-state index is 5.53. The smallest absolute Gasteiger partial charge is 0.164 e. The van der Waals surface area contributed by atoms with Gasteiger partial charge >= 0.3 is 0 Å². The van der Waals surface area contributed by atoms with Crippen molar-refractivity contribution in [2.75, 3.05) is 0 Å². The Labute approximate surface area is 435 Å². The van der Waals surface area contributed by atoms with Crippen LogP contribution >= 0.6 is 0 Å². The lowest BCUT2D eigenvalue weighted by Gasteiger charge is -2.42. The summed E-state index contributed by atoms with van der Waals surface area (Å²) in [7, 11) is 0. The second-order valence-electron chi connectivity index (χ2n) is 19.8. The van der Waals surface area contributed by atoms with Gasteiger partial charge in [0.05, 0.1) is 16.8 Å². The van der Waals surface area contributed by atoms with Gasteiger partial charge in [0.1, 0.15) is 0 Å². The van der Waals surface area contributed by atoms with E-state index in [-0.39, 0.29) is 11.8 Å². The Hall–Kier alpha value is -9.71. The zero-order chi connectivity index (χ0) is 49.5. The average molecular weight is 956 g/mol. The maximum Gasteiger partial charge on any atom is 0.164 e. The quantitative estimate of drug-likeness (QED) is 0.152. The summed E-state index contributed by atoms with van der Waals surface area (Å²) in [6.45, 7) is 0. The fourth-order valence-corrected chi connectivity index (χ4v) is 12.6. The van der Waals surface area contributed by atoms with Crippen LogP contribution in [0.15, 0.2) is 261 Å². The first-order valence-electron chi connectivity index (χ1n) is 25.7. The molecule has 0 N–H and O–H groups in total. The topological polar surface area (TPSA) is 64.5 Å². The monoisotopic (exact) mass is 955 g/mol. The zero-order valence-corrected chi connectivity index (χ0v) is 40.7. The first-order valence-corrected chi connectivity index (χ1v) is 25.7. The minimum absolute atomic E-state index is 0.0199. The van der Waals surface area contributed by atoms with Crippen LogP contribution in [-0.4, -0.2) is 24.9 Å². The first-order chi connectivity index (χ1) is 37.2. The van der Waals surface area contributed by atoms with Crippen molar-refractivity contribution in [3.63, 3.8) is 0 Å². The molecule has 2 aromatic heterocycles. The molecular weight excluding hydrogens is 911 g/mol. The molecule has 5 heteroatoms. The second-order valence-corrected chi connectivity index (χ2v) is 19.8. The molecule has 0 aliphatic heterocycles. The minimum Gasteiger partial charge on any atom is -0.228 e. The molecule has 2 unspecified atom stereocenters. The van der Waals surface area contributed by atoms with Crippen molar-refractivity contribution in [3.8, 4) is 79.2 Å². The van der Waals surface area contributed by atoms with E-state index in [0.717, 1.165) is 44.8 Å². The molecule has 75 heavy (non-hydrogen) atoms. The van der Waals surface area contributed by atoms with E-state index in [1.165, 1.54) is 66.8 Å². The summed E-state index contributed by atoms with van der Waals surface area (Å²) in [6.07, 6.45) is 0. The van der Waals surface area contributed by atoms with Crippen LogP contribution in [0.2, 0.25) is 0 Å². The van der Waals surface area contributed by atoms with Gasteiger partial charge in [0, 0.05) is 45.2 Å². The molecule has 10 aromatic carbocycles. The van der Waals surface area contributed by atoms with E-state index >= 15 is 0 Å². The van der Waals surface area contributed by atoms with Crippen LogP contribution in [0.4, 0.5) is 0 Å². The molecule has 2 heterocycles. The molecule has 16 rings (SSSR count). The molecule has 0 amide bonds. The zero-order valence-electron chi connectivity index (χ0n) is 40.7. The van der Waals surface area contributed by atoms with Gasteiger partial charge in [-0.05, 0) is 85.0 Å². The highest BCUT2D eigenvalue weighted by molar-refractivity contribution is 5.93. The van der Waals surface area contributed by atoms with Gasteiger partial charge < -0.3 is 0 Å². The van der Waals surface area contributed by atoms with Crippen molar-refractivity contribution >= 4 is 0 Å². The van der Waals surface area contributed by atoms with Crippen molar-refractivity contribution in [2.45, 2.75) is 17.3 Å². The summed E-state index contributed by atoms with van der Waals surface area (Å²) in [5, 5.41) is 0. The Balaban J connectivity index is 0.896. The molecule has 12 aromatic rings. The number of benzene rings is 10. The molecule has 4 aliphatic carbocycles. The third kappa shape index (κ3) is 6.75. The molecule has 4 aliphatic rings. The van der Waals surface area contributed by atoms with Crippen LogP contribution in [0.1, 0.15) is 67.5 Å². The van der Waals surface area contributed by atoms with Gasteiger partial charge in [-0.3, -0.25) is 0 Å². The van der Waals surface area contributed by atoms with E-state index in [1.54, 1.807) is 0 Å². The lowest BCUT2D eigenvalue weighted by atomic mass is 9.60. The van der Waals surface area contributed by atoms with E-state index in [1.807, 2.05) is 36.4 Å². The molecule has 5 nitrogen and oxygen atoms in total. The molecule has 0 fully saturated rings. The van der Waals surface area contributed by atoms with Gasteiger partial charge in [0.25, 0.3) is 0 Å². The minimum atomic E-state index is -0.605. The molecule has 350 valence electrons. The number of aromatic nitrogens is 5. The third-order valence-corrected chi connectivity index (χ3v) is 15.8. The first kappa shape index (κ1) is 42.9. The Kier molecular flexibility index (Phi) is 9.86. The van der Waals surface area contributed by atoms with Gasteiger partial charge in [0.15, 0.2) is 23.3 Å². The molecule has 0 saturated heterocycles. The summed E-state index contributed by atoms with van der Waals surface area (Å²) in [4.78, 5) is 26.2. The van der Waals surface area contributed by atoms with Crippen LogP contribution in [0.3, 0.4) is 0 Å². The Morgan fingerprint density at radius 3 is 1.21 bits per heavy atom. The summed E-state index contributed by atoms with van der Waals surface area (Å²) in [6, 6.07) is 93.6. The predicted octanol–water partition coefficient (Wildman–Crippen LogP) is 16.0. The Morgan fingerprint density at radius 2 is 0.653 bits per heavy atom. The SMILES string of the molecule is c1ccc(-c2nc(-c3ccc4c(c3)C3c5ccccc5C4c4cc(-c5nc(-c6ccccc6)nc(-c6ccccc6)n5)ccc43)cc(-c3cccc4c3C(c3ccccc3)(c3ccccc3)c3ccccc3-4)n2)cc1. The lowest BCUT2D eigenvalue weighted by Crippen LogP contribution is -2.29. The highest BCUT2D eigenvalue weighted by Gasteiger charge is 2.48. The number of rotatable bonds is 8. The van der Waals surface area contributed by atoms with Crippen molar-refractivity contribution in [2.24, 2.45) is 0 Å². The highest BCUT2D eigenvalue weighted by Crippen LogP contribution is 2.60. The molecule has 2 atom stereocenters. The van der Waals surface area contributed by atoms with E-state index < -0.39 is 5.41 Å². The number of nitrogens with zero attached hydrogens (tertiary/aromatic N) is 5. The normalized spacial score (nSPS) is 15.0. The summed E-state index contributed by atoms with van der Waals surface area (Å²) >= 11 is 0. The predicted molar refractivity (Wildman–Crippen MR) is 300 cm³/mol. The third-order valence-electron chi connectivity index (χ3n) is 15.8.